The number of ether oxygens (including phenoxy) is 2. The molecule has 16 nitrogen and oxygen atoms in total. The van der Waals surface area contributed by atoms with E-state index in [1.165, 1.54) is 12.2 Å². The van der Waals surface area contributed by atoms with Crippen LogP contribution in [0.15, 0.2) is 108 Å². The van der Waals surface area contributed by atoms with Crippen LogP contribution < -0.4 is 10.6 Å². The molecule has 2 amide bonds. The second-order valence-electron chi connectivity index (χ2n) is 12.7. The fourth-order valence-corrected chi connectivity index (χ4v) is 5.55. The van der Waals surface area contributed by atoms with Crippen molar-refractivity contribution in [2.75, 3.05) is 23.8 Å². The van der Waals surface area contributed by atoms with E-state index in [1.807, 2.05) is 38.2 Å². The molecule has 0 radical (unpaired) electrons. The average molecular weight is 779 g/mol. The Hall–Kier alpha value is -7.99. The van der Waals surface area contributed by atoms with Gasteiger partial charge in [0.2, 0.25) is 18.1 Å². The summed E-state index contributed by atoms with van der Waals surface area (Å²) in [5.41, 5.74) is 3.64. The summed E-state index contributed by atoms with van der Waals surface area (Å²) in [5.74, 6) is -2.99. The van der Waals surface area contributed by atoms with E-state index >= 15 is 0 Å². The normalized spacial score (nSPS) is 12.5. The number of carbonyl (C=O) groups is 4. The van der Waals surface area contributed by atoms with Gasteiger partial charge in [0.25, 0.3) is 0 Å². The number of carbonyl (C=O) groups excluding carboxylic acids is 4. The SMILES string of the molecule is BC(COC(=O)/C(C#N)=C/c1ccc(NC(=O)CCC(=O)Nc2ccc(/C=C(\C#N)C(=O)OCC(F)n3nnc4ccccc43)cc2)cc1)n1nnc2ccccc21. The highest BCUT2D eigenvalue weighted by Crippen LogP contribution is 2.20. The average Bonchev–Trinajstić information content (AvgIpc) is 3.88. The Labute approximate surface area is 330 Å². The van der Waals surface area contributed by atoms with Gasteiger partial charge in [0.05, 0.1) is 17.0 Å². The molecule has 0 aliphatic carbocycles. The van der Waals surface area contributed by atoms with E-state index in [0.29, 0.717) is 39.1 Å². The van der Waals surface area contributed by atoms with Crippen molar-refractivity contribution in [3.63, 3.8) is 0 Å². The first-order chi connectivity index (χ1) is 28.1. The fourth-order valence-electron chi connectivity index (χ4n) is 5.55. The van der Waals surface area contributed by atoms with E-state index in [4.69, 9.17) is 9.47 Å². The van der Waals surface area contributed by atoms with Crippen molar-refractivity contribution in [2.24, 2.45) is 0 Å². The van der Waals surface area contributed by atoms with E-state index in [1.54, 1.807) is 83.5 Å². The predicted octanol–water partition coefficient (Wildman–Crippen LogP) is 4.43. The number of nitriles is 2. The molecule has 2 aromatic heterocycles. The van der Waals surface area contributed by atoms with Crippen LogP contribution in [0.3, 0.4) is 0 Å². The monoisotopic (exact) mass is 778 g/mol. The van der Waals surface area contributed by atoms with E-state index < -0.39 is 36.7 Å². The van der Waals surface area contributed by atoms with Crippen LogP contribution in [0.4, 0.5) is 15.8 Å². The van der Waals surface area contributed by atoms with Gasteiger partial charge in [0, 0.05) is 24.2 Å². The Morgan fingerprint density at radius 2 is 1.10 bits per heavy atom. The fraction of sp³-hybridized carbons (Fsp3) is 0.150. The van der Waals surface area contributed by atoms with Crippen LogP contribution in [0.2, 0.25) is 0 Å². The molecule has 4 aromatic carbocycles. The van der Waals surface area contributed by atoms with Gasteiger partial charge >= 0.3 is 11.9 Å². The summed E-state index contributed by atoms with van der Waals surface area (Å²) in [6, 6.07) is 30.3. The van der Waals surface area contributed by atoms with E-state index in [2.05, 4.69) is 31.3 Å². The zero-order chi connectivity index (χ0) is 41.0. The molecule has 0 saturated carbocycles. The molecule has 2 heterocycles. The highest BCUT2D eigenvalue weighted by Gasteiger charge is 2.20. The van der Waals surface area contributed by atoms with Crippen molar-refractivity contribution in [2.45, 2.75) is 25.1 Å². The minimum absolute atomic E-state index is 0.0292. The van der Waals surface area contributed by atoms with Gasteiger partial charge in [-0.05, 0) is 71.8 Å². The number of aromatic nitrogens is 6. The number of halogens is 1. The van der Waals surface area contributed by atoms with Crippen LogP contribution in [0, 0.1) is 22.7 Å². The molecule has 0 fully saturated rings. The molecule has 18 heteroatoms. The molecule has 6 aromatic rings. The molecule has 0 saturated heterocycles. The predicted molar refractivity (Wildman–Crippen MR) is 211 cm³/mol. The molecule has 2 atom stereocenters. The molecular weight excluding hydrogens is 746 g/mol. The summed E-state index contributed by atoms with van der Waals surface area (Å²) in [7, 11) is 1.82. The third-order valence-corrected chi connectivity index (χ3v) is 8.52. The Kier molecular flexibility index (Phi) is 12.7. The first-order valence-electron chi connectivity index (χ1n) is 17.7. The van der Waals surface area contributed by atoms with Gasteiger partial charge in [-0.1, -0.05) is 59.0 Å². The first-order valence-corrected chi connectivity index (χ1v) is 17.7. The van der Waals surface area contributed by atoms with Crippen LogP contribution in [-0.2, 0) is 28.7 Å². The Bertz CT molecular complexity index is 2450. The summed E-state index contributed by atoms with van der Waals surface area (Å²) in [6.45, 7) is -0.716. The van der Waals surface area contributed by atoms with Gasteiger partial charge < -0.3 is 20.1 Å². The van der Waals surface area contributed by atoms with Crippen LogP contribution in [0.5, 0.6) is 0 Å². The van der Waals surface area contributed by atoms with Gasteiger partial charge in [-0.3, -0.25) is 9.59 Å². The van der Waals surface area contributed by atoms with E-state index in [9.17, 15) is 34.1 Å². The molecule has 0 bridgehead atoms. The maximum Gasteiger partial charge on any atom is 0.349 e. The topological polar surface area (TPSA) is 220 Å². The molecule has 0 spiro atoms. The van der Waals surface area contributed by atoms with E-state index in [-0.39, 0.29) is 36.5 Å². The second-order valence-corrected chi connectivity index (χ2v) is 12.7. The third kappa shape index (κ3) is 10.0. The number of amides is 2. The summed E-state index contributed by atoms with van der Waals surface area (Å²) < 4.78 is 27.8. The van der Waals surface area contributed by atoms with Crippen molar-refractivity contribution in [3.05, 3.63) is 119 Å². The summed E-state index contributed by atoms with van der Waals surface area (Å²) in [4.78, 5) is 50.3. The number of alkyl halides is 1. The molecule has 6 rings (SSSR count). The minimum Gasteiger partial charge on any atom is -0.460 e. The van der Waals surface area contributed by atoms with Crippen LogP contribution in [0.25, 0.3) is 34.2 Å². The zero-order valence-corrected chi connectivity index (χ0v) is 30.8. The van der Waals surface area contributed by atoms with Crippen LogP contribution in [0.1, 0.15) is 36.2 Å². The number of nitrogens with one attached hydrogen (secondary N) is 2. The van der Waals surface area contributed by atoms with Gasteiger partial charge in [0.1, 0.15) is 55.4 Å². The Morgan fingerprint density at radius 1 is 0.672 bits per heavy atom. The smallest absolute Gasteiger partial charge is 0.349 e. The maximum absolute atomic E-state index is 14.8. The largest absolute Gasteiger partial charge is 0.460 e. The molecule has 288 valence electrons. The van der Waals surface area contributed by atoms with Gasteiger partial charge in [0.15, 0.2) is 0 Å². The molecule has 0 aliphatic heterocycles. The highest BCUT2D eigenvalue weighted by molar-refractivity contribution is 6.11. The summed E-state index contributed by atoms with van der Waals surface area (Å²) >= 11 is 0. The second kappa shape index (κ2) is 18.6. The van der Waals surface area contributed by atoms with Gasteiger partial charge in [-0.25, -0.2) is 23.3 Å². The highest BCUT2D eigenvalue weighted by atomic mass is 19.1. The number of rotatable bonds is 15. The van der Waals surface area contributed by atoms with Crippen molar-refractivity contribution in [1.82, 2.24) is 30.0 Å². The number of hydrogen-bond acceptors (Lipinski definition) is 12. The van der Waals surface area contributed by atoms with E-state index in [0.717, 1.165) is 10.2 Å². The van der Waals surface area contributed by atoms with Crippen molar-refractivity contribution >= 4 is 77.2 Å². The first kappa shape index (κ1) is 39.7. The number of anilines is 2. The molecular formula is C40H32BFN10O6. The lowest BCUT2D eigenvalue weighted by Crippen LogP contribution is -2.20. The molecule has 0 aliphatic rings. The Balaban J connectivity index is 0.926. The number of nitrogens with zero attached hydrogens (tertiary/aromatic N) is 8. The summed E-state index contributed by atoms with van der Waals surface area (Å²) in [6.07, 6.45) is 0.571. The van der Waals surface area contributed by atoms with Crippen molar-refractivity contribution in [1.29, 1.82) is 10.5 Å². The number of esters is 2. The lowest BCUT2D eigenvalue weighted by Gasteiger charge is -2.13. The number of hydrogen-bond donors (Lipinski definition) is 2. The number of fused-ring (bicyclic) bond motifs is 2. The van der Waals surface area contributed by atoms with Crippen LogP contribution >= 0.6 is 0 Å². The zero-order valence-electron chi connectivity index (χ0n) is 30.8. The standard InChI is InChI=1S/C40H32BFN10O6/c41-35(51-33-7-3-1-5-31(33)47-49-51)23-57-39(55)27(21-43)19-25-9-13-29(14-10-25)45-37(53)17-18-38(54)46-30-15-11-26(12-16-30)20-28(22-44)40(56)58-24-36(42)52-34-8-4-2-6-32(34)48-50-52/h1-16,19-20,35-36H,17-18,23-24,41H2,(H,45,53)(H,46,54)/b27-19+,28-20+. The van der Waals surface area contributed by atoms with Crippen molar-refractivity contribution < 1.29 is 33.0 Å². The third-order valence-electron chi connectivity index (χ3n) is 8.52. The summed E-state index contributed by atoms with van der Waals surface area (Å²) in [5, 5.41) is 40.3. The quantitative estimate of drug-likeness (QED) is 0.0640. The number of benzene rings is 4. The van der Waals surface area contributed by atoms with Crippen LogP contribution in [-0.4, -0.2) is 74.8 Å². The molecule has 58 heavy (non-hydrogen) atoms. The molecule has 2 N–H and O–H groups in total. The van der Waals surface area contributed by atoms with Gasteiger partial charge in [-0.2, -0.15) is 10.5 Å². The lowest BCUT2D eigenvalue weighted by atomic mass is 9.97. The molecule has 2 unspecified atom stereocenters. The van der Waals surface area contributed by atoms with Gasteiger partial charge in [-0.15, -0.1) is 10.2 Å². The lowest BCUT2D eigenvalue weighted by molar-refractivity contribution is -0.141. The minimum atomic E-state index is -1.82. The Morgan fingerprint density at radius 3 is 1.59 bits per heavy atom. The van der Waals surface area contributed by atoms with Crippen molar-refractivity contribution in [3.8, 4) is 12.1 Å². The maximum atomic E-state index is 14.8. The number of para-hydroxylation sites is 2.